The van der Waals surface area contributed by atoms with Crippen LogP contribution in [0.3, 0.4) is 0 Å². The average molecular weight is 340 g/mol. The normalized spacial score (nSPS) is 11.6. The molecule has 0 aliphatic rings. The summed E-state index contributed by atoms with van der Waals surface area (Å²) in [7, 11) is -4.12. The van der Waals surface area contributed by atoms with Gasteiger partial charge < -0.3 is 5.11 Å². The van der Waals surface area contributed by atoms with Gasteiger partial charge in [-0.05, 0) is 17.5 Å². The van der Waals surface area contributed by atoms with Crippen LogP contribution in [0.5, 0.6) is 0 Å². The SMILES string of the molecule is O=S(=O)(Nc1c(F)cc(F)cc1Cl)c1ccsc1CO. The van der Waals surface area contributed by atoms with Gasteiger partial charge in [-0.2, -0.15) is 0 Å². The van der Waals surface area contributed by atoms with Crippen LogP contribution >= 0.6 is 22.9 Å². The minimum absolute atomic E-state index is 0.176. The van der Waals surface area contributed by atoms with Crippen molar-refractivity contribution in [3.05, 3.63) is 45.1 Å². The van der Waals surface area contributed by atoms with Crippen LogP contribution in [-0.4, -0.2) is 13.5 Å². The summed E-state index contributed by atoms with van der Waals surface area (Å²) < 4.78 is 52.6. The lowest BCUT2D eigenvalue weighted by atomic mass is 10.3. The van der Waals surface area contributed by atoms with Crippen molar-refractivity contribution in [1.29, 1.82) is 0 Å². The molecule has 1 aromatic carbocycles. The summed E-state index contributed by atoms with van der Waals surface area (Å²) in [5.41, 5.74) is -0.539. The quantitative estimate of drug-likeness (QED) is 0.900. The van der Waals surface area contributed by atoms with E-state index in [9.17, 15) is 17.2 Å². The van der Waals surface area contributed by atoms with Gasteiger partial charge >= 0.3 is 0 Å². The van der Waals surface area contributed by atoms with Crippen molar-refractivity contribution < 1.29 is 22.3 Å². The third-order valence-electron chi connectivity index (χ3n) is 2.38. The summed E-state index contributed by atoms with van der Waals surface area (Å²) in [6.45, 7) is -0.465. The van der Waals surface area contributed by atoms with Crippen molar-refractivity contribution in [2.24, 2.45) is 0 Å². The fraction of sp³-hybridized carbons (Fsp3) is 0.0909. The molecule has 9 heteroatoms. The molecule has 0 aliphatic carbocycles. The van der Waals surface area contributed by atoms with Gasteiger partial charge in [0.1, 0.15) is 16.4 Å². The summed E-state index contributed by atoms with van der Waals surface area (Å²) in [4.78, 5) is 0.0286. The molecule has 4 nitrogen and oxygen atoms in total. The zero-order valence-corrected chi connectivity index (χ0v) is 12.1. The molecule has 0 saturated carbocycles. The molecule has 108 valence electrons. The Bertz CT molecular complexity index is 723. The van der Waals surface area contributed by atoms with Gasteiger partial charge in [0.2, 0.25) is 0 Å². The number of thiophene rings is 1. The van der Waals surface area contributed by atoms with Gasteiger partial charge in [-0.1, -0.05) is 11.6 Å². The maximum atomic E-state index is 13.6. The minimum Gasteiger partial charge on any atom is -0.391 e. The van der Waals surface area contributed by atoms with Crippen LogP contribution in [0, 0.1) is 11.6 Å². The molecule has 2 N–H and O–H groups in total. The van der Waals surface area contributed by atoms with E-state index in [1.165, 1.54) is 11.4 Å². The van der Waals surface area contributed by atoms with E-state index in [1.807, 2.05) is 4.72 Å². The van der Waals surface area contributed by atoms with Crippen LogP contribution in [0.4, 0.5) is 14.5 Å². The first-order valence-electron chi connectivity index (χ1n) is 5.19. The van der Waals surface area contributed by atoms with Crippen LogP contribution in [0.2, 0.25) is 5.02 Å². The second-order valence-electron chi connectivity index (χ2n) is 3.72. The van der Waals surface area contributed by atoms with Crippen molar-refractivity contribution in [2.75, 3.05) is 4.72 Å². The van der Waals surface area contributed by atoms with Crippen molar-refractivity contribution in [3.8, 4) is 0 Å². The van der Waals surface area contributed by atoms with E-state index in [-0.39, 0.29) is 9.77 Å². The fourth-order valence-electron chi connectivity index (χ4n) is 1.51. The van der Waals surface area contributed by atoms with Crippen molar-refractivity contribution in [1.82, 2.24) is 0 Å². The summed E-state index contributed by atoms with van der Waals surface area (Å²) in [6, 6.07) is 2.58. The van der Waals surface area contributed by atoms with E-state index < -0.39 is 39.0 Å². The van der Waals surface area contributed by atoms with Gasteiger partial charge in [-0.25, -0.2) is 17.2 Å². The van der Waals surface area contributed by atoms with Crippen molar-refractivity contribution in [3.63, 3.8) is 0 Å². The third-order valence-corrected chi connectivity index (χ3v) is 5.15. The molecule has 0 atom stereocenters. The molecule has 0 saturated heterocycles. The second-order valence-corrected chi connectivity index (χ2v) is 6.77. The van der Waals surface area contributed by atoms with Gasteiger partial charge in [-0.3, -0.25) is 4.72 Å². The maximum absolute atomic E-state index is 13.6. The monoisotopic (exact) mass is 339 g/mol. The highest BCUT2D eigenvalue weighted by Crippen LogP contribution is 2.30. The number of nitrogens with one attached hydrogen (secondary N) is 1. The zero-order chi connectivity index (χ0) is 14.9. The molecular formula is C11H8ClF2NO3S2. The van der Waals surface area contributed by atoms with E-state index in [1.54, 1.807) is 0 Å². The largest absolute Gasteiger partial charge is 0.391 e. The zero-order valence-electron chi connectivity index (χ0n) is 9.73. The molecule has 1 heterocycles. The Morgan fingerprint density at radius 3 is 2.65 bits per heavy atom. The topological polar surface area (TPSA) is 66.4 Å². The molecule has 0 aliphatic heterocycles. The summed E-state index contributed by atoms with van der Waals surface area (Å²) in [5, 5.41) is 10.1. The molecule has 0 spiro atoms. The minimum atomic E-state index is -4.12. The van der Waals surface area contributed by atoms with Crippen LogP contribution in [-0.2, 0) is 16.6 Å². The van der Waals surface area contributed by atoms with E-state index in [0.29, 0.717) is 6.07 Å². The molecule has 0 fully saturated rings. The molecule has 0 amide bonds. The summed E-state index contributed by atoms with van der Waals surface area (Å²) in [6.07, 6.45) is 0. The second kappa shape index (κ2) is 5.65. The Hall–Kier alpha value is -1.22. The number of aliphatic hydroxyl groups excluding tert-OH is 1. The molecular weight excluding hydrogens is 332 g/mol. The summed E-state index contributed by atoms with van der Waals surface area (Å²) in [5.74, 6) is -2.04. The molecule has 2 aromatic rings. The highest BCUT2D eigenvalue weighted by atomic mass is 35.5. The third kappa shape index (κ3) is 2.93. The average Bonchev–Trinajstić information content (AvgIpc) is 2.83. The molecule has 0 radical (unpaired) electrons. The van der Waals surface area contributed by atoms with E-state index in [4.69, 9.17) is 16.7 Å². The number of anilines is 1. The van der Waals surface area contributed by atoms with Gasteiger partial charge in [-0.15, -0.1) is 11.3 Å². The van der Waals surface area contributed by atoms with Crippen LogP contribution in [0.1, 0.15) is 4.88 Å². The van der Waals surface area contributed by atoms with E-state index >= 15 is 0 Å². The van der Waals surface area contributed by atoms with Gasteiger partial charge in [0.15, 0.2) is 5.82 Å². The highest BCUT2D eigenvalue weighted by molar-refractivity contribution is 7.93. The first kappa shape index (κ1) is 15.2. The Labute approximate surface area is 122 Å². The van der Waals surface area contributed by atoms with Crippen LogP contribution < -0.4 is 4.72 Å². The van der Waals surface area contributed by atoms with E-state index in [2.05, 4.69) is 0 Å². The molecule has 1 aromatic heterocycles. The smallest absolute Gasteiger partial charge is 0.263 e. The Kier molecular flexibility index (Phi) is 4.28. The number of hydrogen-bond donors (Lipinski definition) is 2. The Morgan fingerprint density at radius 1 is 1.35 bits per heavy atom. The van der Waals surface area contributed by atoms with Crippen LogP contribution in [0.15, 0.2) is 28.5 Å². The molecule has 0 bridgehead atoms. The number of halogens is 3. The lowest BCUT2D eigenvalue weighted by Gasteiger charge is -2.10. The first-order chi connectivity index (χ1) is 9.35. The van der Waals surface area contributed by atoms with Gasteiger partial charge in [0.25, 0.3) is 10.0 Å². The fourth-order valence-corrected chi connectivity index (χ4v) is 4.19. The number of rotatable bonds is 4. The molecule has 20 heavy (non-hydrogen) atoms. The summed E-state index contributed by atoms with van der Waals surface area (Å²) >= 11 is 6.66. The van der Waals surface area contributed by atoms with E-state index in [0.717, 1.165) is 17.4 Å². The predicted octanol–water partition coefficient (Wildman–Crippen LogP) is 2.97. The highest BCUT2D eigenvalue weighted by Gasteiger charge is 2.22. The number of benzene rings is 1. The van der Waals surface area contributed by atoms with Crippen LogP contribution in [0.25, 0.3) is 0 Å². The standard InChI is InChI=1S/C11H8ClF2NO3S2/c12-7-3-6(13)4-8(14)11(7)15-20(17,18)10-1-2-19-9(10)5-16/h1-4,15-16H,5H2. The molecule has 0 unspecified atom stereocenters. The Morgan fingerprint density at radius 2 is 2.05 bits per heavy atom. The number of sulfonamides is 1. The lowest BCUT2D eigenvalue weighted by molar-refractivity contribution is 0.282. The lowest BCUT2D eigenvalue weighted by Crippen LogP contribution is -2.15. The predicted molar refractivity (Wildman–Crippen MR) is 72.4 cm³/mol. The van der Waals surface area contributed by atoms with Gasteiger partial charge in [0, 0.05) is 6.07 Å². The number of aliphatic hydroxyl groups is 1. The van der Waals surface area contributed by atoms with Gasteiger partial charge in [0.05, 0.1) is 16.5 Å². The maximum Gasteiger partial charge on any atom is 0.263 e. The molecule has 2 rings (SSSR count). The number of hydrogen-bond acceptors (Lipinski definition) is 4. The van der Waals surface area contributed by atoms with Crippen molar-refractivity contribution in [2.45, 2.75) is 11.5 Å². The Balaban J connectivity index is 2.44. The van der Waals surface area contributed by atoms with Crippen molar-refractivity contribution >= 4 is 38.6 Å². The first-order valence-corrected chi connectivity index (χ1v) is 7.94.